The van der Waals surface area contributed by atoms with Crippen LogP contribution in [0.25, 0.3) is 0 Å². The Morgan fingerprint density at radius 1 is 1.03 bits per heavy atom. The molecule has 0 radical (unpaired) electrons. The van der Waals surface area contributed by atoms with Gasteiger partial charge in [-0.3, -0.25) is 13.9 Å². The van der Waals surface area contributed by atoms with E-state index in [9.17, 15) is 18.0 Å². The molecule has 0 heterocycles. The molecule has 0 saturated carbocycles. The average Bonchev–Trinajstić information content (AvgIpc) is 2.75. The minimum absolute atomic E-state index is 0.0260. The molecular formula is C22H26Cl3N3O4S. The SMILES string of the molecule is CCCNC(=O)[C@@H](C)N(Cc1ccccc1Cl)C(=O)CN(c1ccc(Cl)c(Cl)c1)S(C)(=O)=O. The van der Waals surface area contributed by atoms with Gasteiger partial charge >= 0.3 is 0 Å². The number of carbonyl (C=O) groups is 2. The molecular weight excluding hydrogens is 509 g/mol. The van der Waals surface area contributed by atoms with Gasteiger partial charge in [-0.05, 0) is 43.2 Å². The maximum absolute atomic E-state index is 13.4. The predicted octanol–water partition coefficient (Wildman–Crippen LogP) is 4.36. The Kier molecular flexibility index (Phi) is 9.84. The maximum Gasteiger partial charge on any atom is 0.244 e. The summed E-state index contributed by atoms with van der Waals surface area (Å²) in [6.45, 7) is 3.45. The normalized spacial score (nSPS) is 12.2. The second-order valence-electron chi connectivity index (χ2n) is 7.45. The first-order valence-corrected chi connectivity index (χ1v) is 13.2. The number of benzene rings is 2. The Hall–Kier alpha value is -2.00. The highest BCUT2D eigenvalue weighted by Crippen LogP contribution is 2.29. The van der Waals surface area contributed by atoms with Crippen molar-refractivity contribution in [3.63, 3.8) is 0 Å². The lowest BCUT2D eigenvalue weighted by Crippen LogP contribution is -2.51. The van der Waals surface area contributed by atoms with Crippen LogP contribution in [-0.2, 0) is 26.2 Å². The lowest BCUT2D eigenvalue weighted by atomic mass is 10.1. The fourth-order valence-corrected chi connectivity index (χ4v) is 4.37. The van der Waals surface area contributed by atoms with E-state index >= 15 is 0 Å². The van der Waals surface area contributed by atoms with Gasteiger partial charge < -0.3 is 10.2 Å². The van der Waals surface area contributed by atoms with E-state index in [0.717, 1.165) is 17.0 Å². The molecule has 1 atom stereocenters. The first kappa shape index (κ1) is 27.2. The van der Waals surface area contributed by atoms with Crippen molar-refractivity contribution in [2.75, 3.05) is 23.7 Å². The quantitative estimate of drug-likeness (QED) is 0.491. The molecule has 33 heavy (non-hydrogen) atoms. The number of hydrogen-bond donors (Lipinski definition) is 1. The van der Waals surface area contributed by atoms with Crippen LogP contribution in [0.15, 0.2) is 42.5 Å². The number of carbonyl (C=O) groups excluding carboxylic acids is 2. The molecule has 0 fully saturated rings. The fraction of sp³-hybridized carbons (Fsp3) is 0.364. The van der Waals surface area contributed by atoms with Crippen LogP contribution < -0.4 is 9.62 Å². The van der Waals surface area contributed by atoms with Crippen molar-refractivity contribution in [1.29, 1.82) is 0 Å². The Balaban J connectivity index is 2.40. The molecule has 2 aromatic rings. The summed E-state index contributed by atoms with van der Waals surface area (Å²) in [4.78, 5) is 27.4. The molecule has 7 nitrogen and oxygen atoms in total. The van der Waals surface area contributed by atoms with Crippen LogP contribution in [0.1, 0.15) is 25.8 Å². The van der Waals surface area contributed by atoms with Crippen molar-refractivity contribution in [2.24, 2.45) is 0 Å². The van der Waals surface area contributed by atoms with Crippen LogP contribution in [-0.4, -0.2) is 50.5 Å². The summed E-state index contributed by atoms with van der Waals surface area (Å²) in [6, 6.07) is 10.4. The molecule has 0 bridgehead atoms. The Labute approximate surface area is 209 Å². The van der Waals surface area contributed by atoms with E-state index in [4.69, 9.17) is 34.8 Å². The first-order chi connectivity index (χ1) is 15.5. The van der Waals surface area contributed by atoms with Gasteiger partial charge in [0.1, 0.15) is 12.6 Å². The fourth-order valence-electron chi connectivity index (χ4n) is 3.04. The minimum Gasteiger partial charge on any atom is -0.354 e. The van der Waals surface area contributed by atoms with Gasteiger partial charge in [-0.1, -0.05) is 59.9 Å². The van der Waals surface area contributed by atoms with E-state index < -0.39 is 28.5 Å². The topological polar surface area (TPSA) is 86.8 Å². The minimum atomic E-state index is -3.86. The van der Waals surface area contributed by atoms with Crippen molar-refractivity contribution in [3.8, 4) is 0 Å². The van der Waals surface area contributed by atoms with Gasteiger partial charge in [0.25, 0.3) is 0 Å². The molecule has 2 amide bonds. The number of nitrogens with one attached hydrogen (secondary N) is 1. The molecule has 1 N–H and O–H groups in total. The number of nitrogens with zero attached hydrogens (tertiary/aromatic N) is 2. The first-order valence-electron chi connectivity index (χ1n) is 10.2. The zero-order valence-corrected chi connectivity index (χ0v) is 21.6. The molecule has 180 valence electrons. The van der Waals surface area contributed by atoms with E-state index in [-0.39, 0.29) is 28.2 Å². The van der Waals surface area contributed by atoms with Crippen LogP contribution in [0.5, 0.6) is 0 Å². The molecule has 0 aliphatic carbocycles. The van der Waals surface area contributed by atoms with Crippen LogP contribution in [0.2, 0.25) is 15.1 Å². The summed E-state index contributed by atoms with van der Waals surface area (Å²) in [5, 5.41) is 3.60. The summed E-state index contributed by atoms with van der Waals surface area (Å²) in [6.07, 6.45) is 1.72. The average molecular weight is 535 g/mol. The van der Waals surface area contributed by atoms with E-state index in [1.807, 2.05) is 6.92 Å². The lowest BCUT2D eigenvalue weighted by Gasteiger charge is -2.31. The van der Waals surface area contributed by atoms with Crippen molar-refractivity contribution >= 4 is 62.3 Å². The monoisotopic (exact) mass is 533 g/mol. The third-order valence-electron chi connectivity index (χ3n) is 4.89. The van der Waals surface area contributed by atoms with Crippen molar-refractivity contribution in [2.45, 2.75) is 32.9 Å². The number of halogens is 3. The maximum atomic E-state index is 13.4. The summed E-state index contributed by atoms with van der Waals surface area (Å²) in [7, 11) is -3.86. The number of hydrogen-bond acceptors (Lipinski definition) is 4. The summed E-state index contributed by atoms with van der Waals surface area (Å²) >= 11 is 18.3. The predicted molar refractivity (Wildman–Crippen MR) is 133 cm³/mol. The third kappa shape index (κ3) is 7.50. The van der Waals surface area contributed by atoms with Crippen LogP contribution in [0, 0.1) is 0 Å². The van der Waals surface area contributed by atoms with Crippen molar-refractivity contribution in [3.05, 3.63) is 63.1 Å². The summed E-state index contributed by atoms with van der Waals surface area (Å²) in [5.74, 6) is -0.928. The zero-order chi connectivity index (χ0) is 24.8. The second kappa shape index (κ2) is 11.9. The van der Waals surface area contributed by atoms with Gasteiger partial charge in [0.2, 0.25) is 21.8 Å². The highest BCUT2D eigenvalue weighted by Gasteiger charge is 2.30. The number of amides is 2. The highest BCUT2D eigenvalue weighted by molar-refractivity contribution is 7.92. The van der Waals surface area contributed by atoms with E-state index in [0.29, 0.717) is 17.1 Å². The van der Waals surface area contributed by atoms with Crippen LogP contribution in [0.4, 0.5) is 5.69 Å². The molecule has 0 saturated heterocycles. The lowest BCUT2D eigenvalue weighted by molar-refractivity contribution is -0.139. The molecule has 0 aromatic heterocycles. The van der Waals surface area contributed by atoms with Gasteiger partial charge in [0.15, 0.2) is 0 Å². The number of anilines is 1. The Morgan fingerprint density at radius 3 is 2.27 bits per heavy atom. The van der Waals surface area contributed by atoms with Crippen LogP contribution in [0.3, 0.4) is 0 Å². The van der Waals surface area contributed by atoms with Gasteiger partial charge in [-0.15, -0.1) is 0 Å². The van der Waals surface area contributed by atoms with E-state index in [1.54, 1.807) is 31.2 Å². The van der Waals surface area contributed by atoms with Gasteiger partial charge in [0, 0.05) is 18.1 Å². The van der Waals surface area contributed by atoms with Gasteiger partial charge in [0.05, 0.1) is 22.0 Å². The molecule has 11 heteroatoms. The molecule has 2 rings (SSSR count). The molecule has 0 aliphatic rings. The van der Waals surface area contributed by atoms with E-state index in [1.165, 1.54) is 23.1 Å². The number of rotatable bonds is 10. The smallest absolute Gasteiger partial charge is 0.244 e. The molecule has 0 aliphatic heterocycles. The molecule has 0 spiro atoms. The summed E-state index contributed by atoms with van der Waals surface area (Å²) in [5.41, 5.74) is 0.809. The van der Waals surface area contributed by atoms with Crippen molar-refractivity contribution < 1.29 is 18.0 Å². The Morgan fingerprint density at radius 2 is 1.70 bits per heavy atom. The van der Waals surface area contributed by atoms with Gasteiger partial charge in [-0.2, -0.15) is 0 Å². The molecule has 0 unspecified atom stereocenters. The second-order valence-corrected chi connectivity index (χ2v) is 10.6. The number of sulfonamides is 1. The molecule has 2 aromatic carbocycles. The third-order valence-corrected chi connectivity index (χ3v) is 7.13. The van der Waals surface area contributed by atoms with Crippen molar-refractivity contribution in [1.82, 2.24) is 10.2 Å². The standard InChI is InChI=1S/C22H26Cl3N3O4S/c1-4-11-26-22(30)15(2)27(13-16-7-5-6-8-18(16)23)21(29)14-28(33(3,31)32)17-9-10-19(24)20(25)12-17/h5-10,12,15H,4,11,13-14H2,1-3H3,(H,26,30)/t15-/m1/s1. The summed E-state index contributed by atoms with van der Waals surface area (Å²) < 4.78 is 26.0. The highest BCUT2D eigenvalue weighted by atomic mass is 35.5. The van der Waals surface area contributed by atoms with Crippen LogP contribution >= 0.6 is 34.8 Å². The Bertz CT molecular complexity index is 1110. The van der Waals surface area contributed by atoms with E-state index in [2.05, 4.69) is 5.32 Å². The van der Waals surface area contributed by atoms with Gasteiger partial charge in [-0.25, -0.2) is 8.42 Å². The zero-order valence-electron chi connectivity index (χ0n) is 18.5. The largest absolute Gasteiger partial charge is 0.354 e.